The maximum atomic E-state index is 12.4. The number of oxime groups is 1. The van der Waals surface area contributed by atoms with E-state index in [0.29, 0.717) is 11.1 Å². The third-order valence-electron chi connectivity index (χ3n) is 3.92. The molecule has 4 nitrogen and oxygen atoms in total. The number of hydrogen-bond donors (Lipinski definition) is 0. The van der Waals surface area contributed by atoms with Gasteiger partial charge in [0.25, 0.3) is 0 Å². The van der Waals surface area contributed by atoms with E-state index < -0.39 is 5.97 Å². The van der Waals surface area contributed by atoms with Crippen LogP contribution in [0.1, 0.15) is 40.5 Å². The molecule has 0 amide bonds. The van der Waals surface area contributed by atoms with Gasteiger partial charge in [-0.05, 0) is 56.2 Å². The van der Waals surface area contributed by atoms with Crippen molar-refractivity contribution in [3.63, 3.8) is 0 Å². The van der Waals surface area contributed by atoms with Gasteiger partial charge in [-0.3, -0.25) is 4.79 Å². The Bertz CT molecular complexity index is 912. The molecule has 136 valence electrons. The zero-order chi connectivity index (χ0) is 19.1. The first-order valence-electron chi connectivity index (χ1n) is 8.64. The Kier molecular flexibility index (Phi) is 6.39. The van der Waals surface area contributed by atoms with Crippen LogP contribution < -0.4 is 0 Å². The lowest BCUT2D eigenvalue weighted by Gasteiger charge is -2.07. The van der Waals surface area contributed by atoms with E-state index in [0.717, 1.165) is 17.7 Å². The first-order chi connectivity index (χ1) is 13.1. The second kappa shape index (κ2) is 9.14. The molecular formula is C22H19NO3S. The van der Waals surface area contributed by atoms with Gasteiger partial charge in [0.05, 0.1) is 5.56 Å². The summed E-state index contributed by atoms with van der Waals surface area (Å²) in [4.78, 5) is 31.5. The summed E-state index contributed by atoms with van der Waals surface area (Å²) in [6.45, 7) is 1.53. The molecule has 0 N–H and O–H groups in total. The van der Waals surface area contributed by atoms with Gasteiger partial charge in [0.2, 0.25) is 5.78 Å². The summed E-state index contributed by atoms with van der Waals surface area (Å²) in [6.07, 6.45) is 8.64. The summed E-state index contributed by atoms with van der Waals surface area (Å²) in [5.74, 6) is -0.868. The zero-order valence-electron chi connectivity index (χ0n) is 14.9. The zero-order valence-corrected chi connectivity index (χ0v) is 15.7. The predicted octanol–water partition coefficient (Wildman–Crippen LogP) is 5.43. The van der Waals surface area contributed by atoms with Gasteiger partial charge in [-0.15, -0.1) is 0 Å². The van der Waals surface area contributed by atoms with Crippen LogP contribution in [0.3, 0.4) is 0 Å². The summed E-state index contributed by atoms with van der Waals surface area (Å²) in [6, 6.07) is 15.9. The molecule has 2 aromatic rings. The van der Waals surface area contributed by atoms with E-state index in [9.17, 15) is 9.59 Å². The lowest BCUT2D eigenvalue weighted by Crippen LogP contribution is -2.12. The fourth-order valence-corrected chi connectivity index (χ4v) is 3.37. The van der Waals surface area contributed by atoms with Crippen molar-refractivity contribution < 1.29 is 14.4 Å². The van der Waals surface area contributed by atoms with E-state index in [4.69, 9.17) is 4.84 Å². The second-order valence-electron chi connectivity index (χ2n) is 5.96. The summed E-state index contributed by atoms with van der Waals surface area (Å²) in [7, 11) is 0. The topological polar surface area (TPSA) is 55.7 Å². The largest absolute Gasteiger partial charge is 0.365 e. The van der Waals surface area contributed by atoms with Gasteiger partial charge in [-0.2, -0.15) is 0 Å². The Morgan fingerprint density at radius 2 is 1.70 bits per heavy atom. The van der Waals surface area contributed by atoms with Crippen molar-refractivity contribution in [2.24, 2.45) is 5.16 Å². The number of thioether (sulfide) groups is 1. The Morgan fingerprint density at radius 3 is 2.37 bits per heavy atom. The normalized spacial score (nSPS) is 13.8. The second-order valence-corrected chi connectivity index (χ2v) is 7.11. The van der Waals surface area contributed by atoms with E-state index in [1.54, 1.807) is 54.2 Å². The number of nitrogens with zero attached hydrogens (tertiary/aromatic N) is 1. The minimum atomic E-state index is -0.594. The fraction of sp³-hybridized carbons (Fsp3) is 0.136. The maximum absolute atomic E-state index is 12.4. The van der Waals surface area contributed by atoms with Crippen LogP contribution in [0.4, 0.5) is 0 Å². The van der Waals surface area contributed by atoms with Gasteiger partial charge in [0.15, 0.2) is 0 Å². The Balaban J connectivity index is 1.61. The highest BCUT2D eigenvalue weighted by atomic mass is 32.2. The number of carbonyl (C=O) groups is 2. The number of hydrogen-bond acceptors (Lipinski definition) is 5. The van der Waals surface area contributed by atoms with Gasteiger partial charge in [0.1, 0.15) is 5.71 Å². The summed E-state index contributed by atoms with van der Waals surface area (Å²) >= 11 is 1.67. The fourth-order valence-electron chi connectivity index (χ4n) is 2.46. The van der Waals surface area contributed by atoms with Crippen molar-refractivity contribution in [2.75, 3.05) is 0 Å². The molecule has 5 heteroatoms. The van der Waals surface area contributed by atoms with Gasteiger partial charge in [-0.25, -0.2) is 4.79 Å². The van der Waals surface area contributed by atoms with Gasteiger partial charge in [0, 0.05) is 15.4 Å². The van der Waals surface area contributed by atoms with Crippen molar-refractivity contribution in [3.8, 4) is 0 Å². The molecule has 2 aromatic carbocycles. The van der Waals surface area contributed by atoms with E-state index in [2.05, 4.69) is 23.4 Å². The monoisotopic (exact) mass is 377 g/mol. The van der Waals surface area contributed by atoms with Crippen LogP contribution in [0, 0.1) is 0 Å². The van der Waals surface area contributed by atoms with Crippen LogP contribution in [0.15, 0.2) is 87.8 Å². The Hall–Kier alpha value is -2.92. The van der Waals surface area contributed by atoms with Crippen LogP contribution in [-0.2, 0) is 4.84 Å². The number of ketones is 1. The number of rotatable bonds is 6. The van der Waals surface area contributed by atoms with E-state index in [1.807, 2.05) is 12.1 Å². The first kappa shape index (κ1) is 18.9. The summed E-state index contributed by atoms with van der Waals surface area (Å²) < 4.78 is 0. The SMILES string of the molecule is C/C(=N\OC(=O)c1ccccc1)C(=O)c1ccc(SC2=CCCC=C2)cc1. The highest BCUT2D eigenvalue weighted by Crippen LogP contribution is 2.30. The van der Waals surface area contributed by atoms with Gasteiger partial charge >= 0.3 is 5.97 Å². The van der Waals surface area contributed by atoms with E-state index in [-0.39, 0.29) is 11.5 Å². The Morgan fingerprint density at radius 1 is 0.963 bits per heavy atom. The molecule has 1 aliphatic carbocycles. The third kappa shape index (κ3) is 5.28. The van der Waals surface area contributed by atoms with Gasteiger partial charge in [-0.1, -0.05) is 53.3 Å². The molecule has 0 radical (unpaired) electrons. The third-order valence-corrected chi connectivity index (χ3v) is 4.96. The molecule has 0 saturated heterocycles. The van der Waals surface area contributed by atoms with Crippen molar-refractivity contribution in [1.29, 1.82) is 0 Å². The smallest absolute Gasteiger partial charge is 0.312 e. The average molecular weight is 377 g/mol. The quantitative estimate of drug-likeness (QED) is 0.292. The number of carbonyl (C=O) groups excluding carboxylic acids is 2. The molecule has 0 heterocycles. The van der Waals surface area contributed by atoms with Crippen LogP contribution in [0.5, 0.6) is 0 Å². The maximum Gasteiger partial charge on any atom is 0.365 e. The molecule has 1 aliphatic rings. The predicted molar refractivity (Wildman–Crippen MR) is 108 cm³/mol. The van der Waals surface area contributed by atoms with Crippen LogP contribution >= 0.6 is 11.8 Å². The molecule has 0 aliphatic heterocycles. The van der Waals surface area contributed by atoms with Crippen molar-refractivity contribution in [3.05, 3.63) is 88.9 Å². The minimum absolute atomic E-state index is 0.123. The van der Waals surface area contributed by atoms with Crippen LogP contribution in [-0.4, -0.2) is 17.5 Å². The molecule has 0 saturated carbocycles. The highest BCUT2D eigenvalue weighted by Gasteiger charge is 2.13. The van der Waals surface area contributed by atoms with Gasteiger partial charge < -0.3 is 4.84 Å². The molecule has 3 rings (SSSR count). The summed E-state index contributed by atoms with van der Waals surface area (Å²) in [5.41, 5.74) is 1.01. The molecule has 0 bridgehead atoms. The van der Waals surface area contributed by atoms with Crippen molar-refractivity contribution in [1.82, 2.24) is 0 Å². The number of Topliss-reactive ketones (excluding diaryl/α,β-unsaturated/α-hetero) is 1. The first-order valence-corrected chi connectivity index (χ1v) is 9.45. The lowest BCUT2D eigenvalue weighted by atomic mass is 10.1. The number of benzene rings is 2. The van der Waals surface area contributed by atoms with Crippen LogP contribution in [0.25, 0.3) is 0 Å². The summed E-state index contributed by atoms with van der Waals surface area (Å²) in [5, 5.41) is 3.69. The number of allylic oxidation sites excluding steroid dienone is 3. The highest BCUT2D eigenvalue weighted by molar-refractivity contribution is 8.03. The molecule has 0 aromatic heterocycles. The molecule has 27 heavy (non-hydrogen) atoms. The molecular weight excluding hydrogens is 358 g/mol. The lowest BCUT2D eigenvalue weighted by molar-refractivity contribution is 0.0515. The molecule has 0 atom stereocenters. The van der Waals surface area contributed by atoms with Crippen molar-refractivity contribution >= 4 is 29.2 Å². The standard InChI is InChI=1S/C22H19NO3S/c1-16(23-26-22(25)18-8-4-2-5-9-18)21(24)17-12-14-20(15-13-17)27-19-10-6-3-7-11-19/h2,4-6,8-15H,3,7H2,1H3/b23-16+. The average Bonchev–Trinajstić information content (AvgIpc) is 2.73. The molecule has 0 unspecified atom stereocenters. The van der Waals surface area contributed by atoms with Crippen molar-refractivity contribution in [2.45, 2.75) is 24.7 Å². The minimum Gasteiger partial charge on any atom is -0.312 e. The molecule has 0 fully saturated rings. The molecule has 0 spiro atoms. The van der Waals surface area contributed by atoms with E-state index in [1.165, 1.54) is 11.8 Å². The van der Waals surface area contributed by atoms with Crippen LogP contribution in [0.2, 0.25) is 0 Å². The van der Waals surface area contributed by atoms with E-state index >= 15 is 0 Å². The Labute approximate surface area is 162 Å².